The van der Waals surface area contributed by atoms with Gasteiger partial charge in [0, 0.05) is 30.5 Å². The molecule has 2 aromatic rings. The summed E-state index contributed by atoms with van der Waals surface area (Å²) in [4.78, 5) is 11.4. The van der Waals surface area contributed by atoms with E-state index in [0.29, 0.717) is 29.9 Å². The predicted molar refractivity (Wildman–Crippen MR) is 78.4 cm³/mol. The number of halogens is 1. The fourth-order valence-electron chi connectivity index (χ4n) is 2.72. The second-order valence-corrected chi connectivity index (χ2v) is 5.50. The van der Waals surface area contributed by atoms with Crippen molar-refractivity contribution in [2.24, 2.45) is 0 Å². The molecule has 0 radical (unpaired) electrons. The topological polar surface area (TPSA) is 64.3 Å². The fraction of sp³-hybridized carbons (Fsp3) is 0.375. The van der Waals surface area contributed by atoms with Crippen molar-refractivity contribution < 1.29 is 19.0 Å². The van der Waals surface area contributed by atoms with E-state index in [2.05, 4.69) is 5.10 Å². The Hall–Kier alpha value is -2.21. The molecule has 0 atom stereocenters. The third-order valence-electron chi connectivity index (χ3n) is 4.01. The molecule has 1 N–H and O–H groups in total. The summed E-state index contributed by atoms with van der Waals surface area (Å²) in [6, 6.07) is 2.87. The van der Waals surface area contributed by atoms with Gasteiger partial charge in [-0.3, -0.25) is 4.68 Å². The zero-order chi connectivity index (χ0) is 15.7. The quantitative estimate of drug-likeness (QED) is 0.946. The number of carboxylic acid groups (broad SMARTS) is 1. The van der Waals surface area contributed by atoms with Crippen molar-refractivity contribution in [2.45, 2.75) is 25.8 Å². The molecular formula is C16H17FN2O3. The molecule has 3 rings (SSSR count). The van der Waals surface area contributed by atoms with Gasteiger partial charge in [0.1, 0.15) is 5.82 Å². The minimum absolute atomic E-state index is 0.0884. The summed E-state index contributed by atoms with van der Waals surface area (Å²) < 4.78 is 21.0. The van der Waals surface area contributed by atoms with E-state index < -0.39 is 11.8 Å². The monoisotopic (exact) mass is 304 g/mol. The summed E-state index contributed by atoms with van der Waals surface area (Å²) in [7, 11) is 0. The number of hydrogen-bond acceptors (Lipinski definition) is 3. The smallest absolute Gasteiger partial charge is 0.336 e. The van der Waals surface area contributed by atoms with E-state index in [1.807, 2.05) is 4.68 Å². The van der Waals surface area contributed by atoms with Crippen LogP contribution >= 0.6 is 0 Å². The summed E-state index contributed by atoms with van der Waals surface area (Å²) in [5, 5.41) is 13.6. The average Bonchev–Trinajstić information content (AvgIpc) is 3.00. The zero-order valence-electron chi connectivity index (χ0n) is 12.3. The number of aromatic nitrogens is 2. The number of benzene rings is 1. The molecule has 116 valence electrons. The first-order valence-corrected chi connectivity index (χ1v) is 7.22. The lowest BCUT2D eigenvalue weighted by Crippen LogP contribution is -2.19. The average molecular weight is 304 g/mol. The minimum atomic E-state index is -1.07. The Labute approximate surface area is 127 Å². The number of hydrogen-bond donors (Lipinski definition) is 1. The van der Waals surface area contributed by atoms with Crippen LogP contribution < -0.4 is 0 Å². The molecule has 0 bridgehead atoms. The second kappa shape index (κ2) is 5.88. The van der Waals surface area contributed by atoms with Crippen LogP contribution in [0.2, 0.25) is 0 Å². The van der Waals surface area contributed by atoms with E-state index >= 15 is 0 Å². The maximum absolute atomic E-state index is 13.8. The van der Waals surface area contributed by atoms with E-state index in [-0.39, 0.29) is 11.6 Å². The Morgan fingerprint density at radius 2 is 2.14 bits per heavy atom. The van der Waals surface area contributed by atoms with Crippen molar-refractivity contribution in [3.8, 4) is 11.1 Å². The molecule has 1 fully saturated rings. The Kier molecular flexibility index (Phi) is 3.94. The summed E-state index contributed by atoms with van der Waals surface area (Å²) in [6.45, 7) is 2.94. The van der Waals surface area contributed by atoms with Gasteiger partial charge in [0.25, 0.3) is 0 Å². The highest BCUT2D eigenvalue weighted by Crippen LogP contribution is 2.28. The first kappa shape index (κ1) is 14.7. The molecule has 1 aliphatic rings. The van der Waals surface area contributed by atoms with Crippen LogP contribution in [0.4, 0.5) is 4.39 Å². The molecule has 0 spiro atoms. The highest BCUT2D eigenvalue weighted by Gasteiger charge is 2.19. The highest BCUT2D eigenvalue weighted by molar-refractivity contribution is 5.96. The van der Waals surface area contributed by atoms with Crippen molar-refractivity contribution in [3.05, 3.63) is 41.5 Å². The predicted octanol–water partition coefficient (Wildman–Crippen LogP) is 3.05. The first-order valence-electron chi connectivity index (χ1n) is 7.22. The van der Waals surface area contributed by atoms with Crippen LogP contribution in [-0.2, 0) is 4.74 Å². The third kappa shape index (κ3) is 2.74. The molecule has 1 saturated heterocycles. The van der Waals surface area contributed by atoms with Gasteiger partial charge in [-0.1, -0.05) is 0 Å². The molecule has 0 saturated carbocycles. The Morgan fingerprint density at radius 3 is 2.82 bits per heavy atom. The third-order valence-corrected chi connectivity index (χ3v) is 4.01. The molecule has 0 unspecified atom stereocenters. The summed E-state index contributed by atoms with van der Waals surface area (Å²) in [6.07, 6.45) is 5.11. The van der Waals surface area contributed by atoms with E-state index in [9.17, 15) is 14.3 Å². The van der Waals surface area contributed by atoms with Crippen LogP contribution in [0, 0.1) is 12.7 Å². The Balaban J connectivity index is 1.99. The van der Waals surface area contributed by atoms with Crippen molar-refractivity contribution in [2.75, 3.05) is 13.2 Å². The molecule has 5 nitrogen and oxygen atoms in total. The molecule has 1 aliphatic heterocycles. The maximum Gasteiger partial charge on any atom is 0.336 e. The number of aryl methyl sites for hydroxylation is 1. The first-order chi connectivity index (χ1) is 10.6. The van der Waals surface area contributed by atoms with Crippen LogP contribution in [0.3, 0.4) is 0 Å². The van der Waals surface area contributed by atoms with Crippen LogP contribution in [0.5, 0.6) is 0 Å². The lowest BCUT2D eigenvalue weighted by Gasteiger charge is -2.22. The van der Waals surface area contributed by atoms with Gasteiger partial charge in [-0.05, 0) is 37.5 Å². The number of ether oxygens (including phenoxy) is 1. The lowest BCUT2D eigenvalue weighted by atomic mass is 9.99. The van der Waals surface area contributed by atoms with Crippen LogP contribution in [0.25, 0.3) is 11.1 Å². The molecule has 1 aromatic heterocycles. The maximum atomic E-state index is 13.8. The SMILES string of the molecule is Cc1cc(C(=O)O)c(-c2cnn(C3CCOCC3)c2)cc1F. The standard InChI is InChI=1S/C16H17FN2O3/c1-10-6-14(16(20)21)13(7-15(10)17)11-8-18-19(9-11)12-2-4-22-5-3-12/h6-9,12H,2-5H2,1H3,(H,20,21). The zero-order valence-corrected chi connectivity index (χ0v) is 12.3. The number of aromatic carboxylic acids is 1. The number of carboxylic acids is 1. The van der Waals surface area contributed by atoms with Gasteiger partial charge in [-0.15, -0.1) is 0 Å². The summed E-state index contributed by atoms with van der Waals surface area (Å²) in [5.74, 6) is -1.49. The molecule has 1 aromatic carbocycles. The van der Waals surface area contributed by atoms with Crippen molar-refractivity contribution >= 4 is 5.97 Å². The van der Waals surface area contributed by atoms with Gasteiger partial charge < -0.3 is 9.84 Å². The van der Waals surface area contributed by atoms with Gasteiger partial charge >= 0.3 is 5.97 Å². The normalized spacial score (nSPS) is 15.9. The van der Waals surface area contributed by atoms with Gasteiger partial charge in [-0.25, -0.2) is 9.18 Å². The van der Waals surface area contributed by atoms with Crippen LogP contribution in [-0.4, -0.2) is 34.1 Å². The molecule has 6 heteroatoms. The minimum Gasteiger partial charge on any atom is -0.478 e. The van der Waals surface area contributed by atoms with Gasteiger partial charge in [0.2, 0.25) is 0 Å². The fourth-order valence-corrected chi connectivity index (χ4v) is 2.72. The second-order valence-electron chi connectivity index (χ2n) is 5.50. The van der Waals surface area contributed by atoms with E-state index in [4.69, 9.17) is 4.74 Å². The van der Waals surface area contributed by atoms with Crippen molar-refractivity contribution in [1.29, 1.82) is 0 Å². The van der Waals surface area contributed by atoms with Crippen molar-refractivity contribution in [1.82, 2.24) is 9.78 Å². The van der Waals surface area contributed by atoms with E-state index in [1.165, 1.54) is 12.1 Å². The Morgan fingerprint density at radius 1 is 1.41 bits per heavy atom. The van der Waals surface area contributed by atoms with E-state index in [1.54, 1.807) is 19.3 Å². The number of rotatable bonds is 3. The molecule has 22 heavy (non-hydrogen) atoms. The summed E-state index contributed by atoms with van der Waals surface area (Å²) in [5.41, 5.74) is 1.38. The van der Waals surface area contributed by atoms with Crippen LogP contribution in [0.1, 0.15) is 34.8 Å². The van der Waals surface area contributed by atoms with Crippen molar-refractivity contribution in [3.63, 3.8) is 0 Å². The van der Waals surface area contributed by atoms with Gasteiger partial charge in [0.05, 0.1) is 17.8 Å². The van der Waals surface area contributed by atoms with Gasteiger partial charge in [0.15, 0.2) is 0 Å². The van der Waals surface area contributed by atoms with E-state index in [0.717, 1.165) is 12.8 Å². The largest absolute Gasteiger partial charge is 0.478 e. The molecular weight excluding hydrogens is 287 g/mol. The Bertz CT molecular complexity index is 705. The molecule has 0 amide bonds. The number of carbonyl (C=O) groups is 1. The number of nitrogens with zero attached hydrogens (tertiary/aromatic N) is 2. The summed E-state index contributed by atoms with van der Waals surface area (Å²) >= 11 is 0. The van der Waals surface area contributed by atoms with Gasteiger partial charge in [-0.2, -0.15) is 5.10 Å². The lowest BCUT2D eigenvalue weighted by molar-refractivity contribution is 0.0662. The molecule has 2 heterocycles. The van der Waals surface area contributed by atoms with Crippen LogP contribution in [0.15, 0.2) is 24.5 Å². The highest BCUT2D eigenvalue weighted by atomic mass is 19.1. The molecule has 0 aliphatic carbocycles.